The molecular formula is C30H23Br2NO7. The average Bonchev–Trinajstić information content (AvgIpc) is 3.20. The summed E-state index contributed by atoms with van der Waals surface area (Å²) in [7, 11) is 0. The Morgan fingerprint density at radius 2 is 1.32 bits per heavy atom. The van der Waals surface area contributed by atoms with Gasteiger partial charge in [-0.15, -0.1) is 0 Å². The SMILES string of the molecule is O=C(COC(=O)c1cccc(N2C(=O)C3CC(Br)C(Br)CC3C2=O)c1)c1ccc(OC(=O)c2ccccc2)cc1. The Hall–Kier alpha value is -3.63. The maximum atomic E-state index is 13.1. The number of halogens is 2. The Morgan fingerprint density at radius 3 is 1.95 bits per heavy atom. The van der Waals surface area contributed by atoms with Crippen LogP contribution in [0.25, 0.3) is 0 Å². The molecule has 2 amide bonds. The van der Waals surface area contributed by atoms with Gasteiger partial charge in [-0.1, -0.05) is 56.1 Å². The minimum Gasteiger partial charge on any atom is -0.454 e. The van der Waals surface area contributed by atoms with E-state index in [0.717, 1.165) is 4.90 Å². The molecule has 0 radical (unpaired) electrons. The van der Waals surface area contributed by atoms with Gasteiger partial charge in [-0.2, -0.15) is 0 Å². The molecule has 0 aromatic heterocycles. The predicted molar refractivity (Wildman–Crippen MR) is 153 cm³/mol. The van der Waals surface area contributed by atoms with E-state index in [1.165, 1.54) is 36.4 Å². The standard InChI is InChI=1S/C30H23Br2NO7/c31-24-14-22-23(15-25(24)32)28(36)33(27(22)35)20-8-4-7-19(13-20)29(37)39-16-26(34)17-9-11-21(12-10-17)40-30(38)18-5-2-1-3-6-18/h1-13,22-25H,14-16H2. The third-order valence-electron chi connectivity index (χ3n) is 6.98. The molecule has 3 aromatic rings. The van der Waals surface area contributed by atoms with Gasteiger partial charge >= 0.3 is 11.9 Å². The Kier molecular flexibility index (Phi) is 8.27. The molecule has 204 valence electrons. The number of imide groups is 1. The lowest BCUT2D eigenvalue weighted by molar-refractivity contribution is -0.122. The Morgan fingerprint density at radius 1 is 0.725 bits per heavy atom. The van der Waals surface area contributed by atoms with Crippen LogP contribution in [0.2, 0.25) is 0 Å². The number of Topliss-reactive ketones (excluding diaryl/α,β-unsaturated/α-hetero) is 1. The summed E-state index contributed by atoms with van der Waals surface area (Å²) in [6.07, 6.45) is 1.09. The van der Waals surface area contributed by atoms with Gasteiger partial charge in [0.25, 0.3) is 0 Å². The van der Waals surface area contributed by atoms with E-state index in [0.29, 0.717) is 24.1 Å². The van der Waals surface area contributed by atoms with Gasteiger partial charge < -0.3 is 9.47 Å². The highest BCUT2D eigenvalue weighted by molar-refractivity contribution is 9.12. The van der Waals surface area contributed by atoms with Crippen LogP contribution in [0.4, 0.5) is 5.69 Å². The minimum atomic E-state index is -0.763. The Labute approximate surface area is 246 Å². The number of ketones is 1. The summed E-state index contributed by atoms with van der Waals surface area (Å²) in [5.74, 6) is -2.85. The van der Waals surface area contributed by atoms with Crippen LogP contribution in [0.1, 0.15) is 43.9 Å². The number of rotatable bonds is 7. The van der Waals surface area contributed by atoms with Crippen molar-refractivity contribution in [2.75, 3.05) is 11.5 Å². The largest absolute Gasteiger partial charge is 0.454 e. The molecule has 4 unspecified atom stereocenters. The zero-order valence-electron chi connectivity index (χ0n) is 21.0. The number of hydrogen-bond acceptors (Lipinski definition) is 7. The van der Waals surface area contributed by atoms with Gasteiger partial charge in [0.2, 0.25) is 11.8 Å². The molecule has 4 atom stereocenters. The number of alkyl halides is 2. The zero-order chi connectivity index (χ0) is 28.4. The molecule has 3 aromatic carbocycles. The van der Waals surface area contributed by atoms with E-state index < -0.39 is 36.2 Å². The quantitative estimate of drug-likeness (QED) is 0.110. The lowest BCUT2D eigenvalue weighted by Crippen LogP contribution is -2.34. The van der Waals surface area contributed by atoms with Crippen molar-refractivity contribution in [3.8, 4) is 5.75 Å². The summed E-state index contributed by atoms with van der Waals surface area (Å²) in [5.41, 5.74) is 1.08. The first-order chi connectivity index (χ1) is 19.2. The van der Waals surface area contributed by atoms with Crippen molar-refractivity contribution in [2.24, 2.45) is 11.8 Å². The maximum Gasteiger partial charge on any atom is 0.343 e. The summed E-state index contributed by atoms with van der Waals surface area (Å²) in [6.45, 7) is -0.517. The number of carbonyl (C=O) groups is 5. The third kappa shape index (κ3) is 5.78. The van der Waals surface area contributed by atoms with Crippen LogP contribution < -0.4 is 9.64 Å². The van der Waals surface area contributed by atoms with Gasteiger partial charge in [0.05, 0.1) is 28.7 Å². The lowest BCUT2D eigenvalue weighted by Gasteiger charge is -2.29. The van der Waals surface area contributed by atoms with Gasteiger partial charge in [-0.05, 0) is 67.4 Å². The molecule has 2 fully saturated rings. The van der Waals surface area contributed by atoms with Crippen molar-refractivity contribution in [2.45, 2.75) is 22.5 Å². The second kappa shape index (κ2) is 11.9. The third-order valence-corrected chi connectivity index (χ3v) is 9.72. The van der Waals surface area contributed by atoms with E-state index in [1.807, 2.05) is 0 Å². The van der Waals surface area contributed by atoms with Crippen LogP contribution in [0.15, 0.2) is 78.9 Å². The molecule has 0 N–H and O–H groups in total. The molecule has 5 rings (SSSR count). The number of fused-ring (bicyclic) bond motifs is 1. The molecular weight excluding hydrogens is 646 g/mol. The van der Waals surface area contributed by atoms with Crippen molar-refractivity contribution < 1.29 is 33.4 Å². The first-order valence-electron chi connectivity index (χ1n) is 12.6. The van der Waals surface area contributed by atoms with Crippen LogP contribution >= 0.6 is 31.9 Å². The van der Waals surface area contributed by atoms with Crippen LogP contribution in [0.3, 0.4) is 0 Å². The number of nitrogens with zero attached hydrogens (tertiary/aromatic N) is 1. The fourth-order valence-corrected chi connectivity index (χ4v) is 6.11. The predicted octanol–water partition coefficient (Wildman–Crippen LogP) is 5.37. The number of ether oxygens (including phenoxy) is 2. The fourth-order valence-electron chi connectivity index (χ4n) is 4.87. The van der Waals surface area contributed by atoms with Gasteiger partial charge in [0.1, 0.15) is 5.75 Å². The highest BCUT2D eigenvalue weighted by Crippen LogP contribution is 2.44. The van der Waals surface area contributed by atoms with Crippen molar-refractivity contribution in [3.05, 3.63) is 95.6 Å². The van der Waals surface area contributed by atoms with Crippen LogP contribution in [-0.2, 0) is 14.3 Å². The molecule has 1 aliphatic heterocycles. The summed E-state index contributed by atoms with van der Waals surface area (Å²) < 4.78 is 10.5. The smallest absolute Gasteiger partial charge is 0.343 e. The highest BCUT2D eigenvalue weighted by atomic mass is 79.9. The minimum absolute atomic E-state index is 0.0878. The molecule has 2 aliphatic rings. The summed E-state index contributed by atoms with van der Waals surface area (Å²) >= 11 is 7.15. The van der Waals surface area contributed by atoms with E-state index >= 15 is 0 Å². The van der Waals surface area contributed by atoms with E-state index in [-0.39, 0.29) is 38.3 Å². The molecule has 10 heteroatoms. The number of hydrogen-bond donors (Lipinski definition) is 0. The van der Waals surface area contributed by atoms with Gasteiger partial charge in [-0.3, -0.25) is 19.3 Å². The number of anilines is 1. The molecule has 8 nitrogen and oxygen atoms in total. The van der Waals surface area contributed by atoms with Crippen LogP contribution in [0.5, 0.6) is 5.75 Å². The number of carbonyl (C=O) groups excluding carboxylic acids is 5. The lowest BCUT2D eigenvalue weighted by atomic mass is 9.81. The summed E-state index contributed by atoms with van der Waals surface area (Å²) in [4.78, 5) is 65.0. The molecule has 1 aliphatic carbocycles. The zero-order valence-corrected chi connectivity index (χ0v) is 24.2. The molecule has 1 heterocycles. The normalized spacial score (nSPS) is 22.0. The van der Waals surface area contributed by atoms with Crippen molar-refractivity contribution >= 4 is 67.1 Å². The van der Waals surface area contributed by atoms with Crippen molar-refractivity contribution in [3.63, 3.8) is 0 Å². The number of amides is 2. The van der Waals surface area contributed by atoms with E-state index in [1.54, 1.807) is 42.5 Å². The maximum absolute atomic E-state index is 13.1. The van der Waals surface area contributed by atoms with E-state index in [9.17, 15) is 24.0 Å². The van der Waals surface area contributed by atoms with Gasteiger partial charge in [-0.25, -0.2) is 9.59 Å². The molecule has 0 spiro atoms. The molecule has 40 heavy (non-hydrogen) atoms. The Balaban J connectivity index is 1.19. The van der Waals surface area contributed by atoms with Crippen molar-refractivity contribution in [1.82, 2.24) is 0 Å². The summed E-state index contributed by atoms with van der Waals surface area (Å²) in [6, 6.07) is 20.5. The van der Waals surface area contributed by atoms with Gasteiger partial charge in [0, 0.05) is 15.2 Å². The average molecular weight is 669 g/mol. The highest BCUT2D eigenvalue weighted by Gasteiger charge is 2.52. The number of esters is 2. The summed E-state index contributed by atoms with van der Waals surface area (Å²) in [5, 5.41) is 0. The first kappa shape index (κ1) is 27.9. The fraction of sp³-hybridized carbons (Fsp3) is 0.233. The van der Waals surface area contributed by atoms with E-state index in [4.69, 9.17) is 9.47 Å². The first-order valence-corrected chi connectivity index (χ1v) is 14.4. The topological polar surface area (TPSA) is 107 Å². The Bertz CT molecular complexity index is 1450. The number of benzene rings is 3. The second-order valence-corrected chi connectivity index (χ2v) is 11.9. The van der Waals surface area contributed by atoms with Crippen LogP contribution in [-0.4, -0.2) is 45.8 Å². The molecule has 0 bridgehead atoms. The second-order valence-electron chi connectivity index (χ2n) is 9.56. The van der Waals surface area contributed by atoms with Crippen LogP contribution in [0, 0.1) is 11.8 Å². The molecule has 1 saturated carbocycles. The van der Waals surface area contributed by atoms with E-state index in [2.05, 4.69) is 31.9 Å². The molecule has 1 saturated heterocycles. The monoisotopic (exact) mass is 667 g/mol. The van der Waals surface area contributed by atoms with Gasteiger partial charge in [0.15, 0.2) is 12.4 Å². The van der Waals surface area contributed by atoms with Crippen molar-refractivity contribution in [1.29, 1.82) is 0 Å².